The predicted molar refractivity (Wildman–Crippen MR) is 131 cm³/mol. The molecule has 0 saturated carbocycles. The van der Waals surface area contributed by atoms with E-state index in [0.29, 0.717) is 28.7 Å². The van der Waals surface area contributed by atoms with Gasteiger partial charge in [-0.25, -0.2) is 13.4 Å². The van der Waals surface area contributed by atoms with Crippen molar-refractivity contribution in [3.05, 3.63) is 42.5 Å². The zero-order valence-corrected chi connectivity index (χ0v) is 20.9. The van der Waals surface area contributed by atoms with E-state index < -0.39 is 9.84 Å². The molecule has 0 radical (unpaired) electrons. The van der Waals surface area contributed by atoms with E-state index in [4.69, 9.17) is 9.47 Å². The number of amides is 1. The first kappa shape index (κ1) is 24.9. The molecule has 10 heteroatoms. The molecule has 0 fully saturated rings. The third kappa shape index (κ3) is 6.21. The molecule has 0 unspecified atom stereocenters. The summed E-state index contributed by atoms with van der Waals surface area (Å²) in [6.07, 6.45) is 0.598. The van der Waals surface area contributed by atoms with Crippen molar-refractivity contribution in [3.63, 3.8) is 0 Å². The van der Waals surface area contributed by atoms with E-state index in [2.05, 4.69) is 4.98 Å². The Morgan fingerprint density at radius 2 is 1.76 bits per heavy atom. The molecule has 1 aromatic heterocycles. The Bertz CT molecular complexity index is 1190. The van der Waals surface area contributed by atoms with Crippen molar-refractivity contribution < 1.29 is 22.7 Å². The molecule has 178 valence electrons. The number of hydrogen-bond donors (Lipinski definition) is 0. The highest BCUT2D eigenvalue weighted by molar-refractivity contribution is 7.91. The fourth-order valence-corrected chi connectivity index (χ4v) is 5.58. The van der Waals surface area contributed by atoms with Crippen LogP contribution in [0, 0.1) is 0 Å². The van der Waals surface area contributed by atoms with Crippen molar-refractivity contribution >= 4 is 42.4 Å². The quantitative estimate of drug-likeness (QED) is 0.406. The van der Waals surface area contributed by atoms with Crippen molar-refractivity contribution in [2.45, 2.75) is 17.7 Å². The summed E-state index contributed by atoms with van der Waals surface area (Å²) >= 11 is 1.39. The van der Waals surface area contributed by atoms with E-state index in [1.807, 2.05) is 37.2 Å². The minimum Gasteiger partial charge on any atom is -0.497 e. The molecule has 1 amide bonds. The second-order valence-electron chi connectivity index (χ2n) is 7.75. The van der Waals surface area contributed by atoms with E-state index in [1.165, 1.54) is 30.6 Å². The van der Waals surface area contributed by atoms with Gasteiger partial charge in [-0.15, -0.1) is 0 Å². The Kier molecular flexibility index (Phi) is 8.28. The van der Waals surface area contributed by atoms with Crippen LogP contribution in [0.2, 0.25) is 0 Å². The highest BCUT2D eigenvalue weighted by Gasteiger charge is 2.24. The van der Waals surface area contributed by atoms with E-state index >= 15 is 0 Å². The second-order valence-corrected chi connectivity index (χ2v) is 10.9. The Balaban J connectivity index is 1.80. The maximum Gasteiger partial charge on any atom is 0.229 e. The topological polar surface area (TPSA) is 89.0 Å². The lowest BCUT2D eigenvalue weighted by Gasteiger charge is -2.21. The van der Waals surface area contributed by atoms with Gasteiger partial charge in [-0.1, -0.05) is 17.4 Å². The Labute approximate surface area is 198 Å². The van der Waals surface area contributed by atoms with Crippen LogP contribution < -0.4 is 14.4 Å². The van der Waals surface area contributed by atoms with Crippen molar-refractivity contribution in [1.82, 2.24) is 9.88 Å². The van der Waals surface area contributed by atoms with Crippen LogP contribution in [-0.2, 0) is 14.6 Å². The highest BCUT2D eigenvalue weighted by Crippen LogP contribution is 2.34. The monoisotopic (exact) mass is 491 g/mol. The molecule has 0 N–H and O–H groups in total. The average Bonchev–Trinajstić information content (AvgIpc) is 3.24. The molecule has 0 saturated heterocycles. The van der Waals surface area contributed by atoms with Crippen LogP contribution in [0.4, 0.5) is 5.13 Å². The third-order valence-corrected chi connectivity index (χ3v) is 7.89. The number of para-hydroxylation sites is 1. The van der Waals surface area contributed by atoms with E-state index in [9.17, 15) is 13.2 Å². The van der Waals surface area contributed by atoms with Gasteiger partial charge < -0.3 is 14.4 Å². The molecule has 0 atom stereocenters. The standard InChI is InChI=1S/C23H29N3O5S2/c1-25(2)14-6-15-26(23-24-22-19(31-4)7-5-8-20(22)32-23)21(27)13-16-33(28,29)18-11-9-17(30-3)10-12-18/h5,7-12H,6,13-16H2,1-4H3. The number of thiazole rings is 1. The van der Waals surface area contributed by atoms with Crippen LogP contribution in [0.5, 0.6) is 11.5 Å². The highest BCUT2D eigenvalue weighted by atomic mass is 32.2. The fraction of sp³-hybridized carbons (Fsp3) is 0.391. The summed E-state index contributed by atoms with van der Waals surface area (Å²) in [7, 11) is 3.42. The van der Waals surface area contributed by atoms with Gasteiger partial charge in [0.2, 0.25) is 5.91 Å². The van der Waals surface area contributed by atoms with Crippen LogP contribution >= 0.6 is 11.3 Å². The molecule has 8 nitrogen and oxygen atoms in total. The van der Waals surface area contributed by atoms with Crippen molar-refractivity contribution in [2.24, 2.45) is 0 Å². The predicted octanol–water partition coefficient (Wildman–Crippen LogP) is 3.46. The molecule has 0 spiro atoms. The summed E-state index contributed by atoms with van der Waals surface area (Å²) in [5.74, 6) is 0.654. The molecule has 0 aliphatic heterocycles. The van der Waals surface area contributed by atoms with Gasteiger partial charge in [-0.05, 0) is 63.5 Å². The number of carbonyl (C=O) groups excluding carboxylic acids is 1. The Morgan fingerprint density at radius 1 is 1.03 bits per heavy atom. The van der Waals surface area contributed by atoms with Crippen LogP contribution in [0.15, 0.2) is 47.4 Å². The largest absolute Gasteiger partial charge is 0.497 e. The molecule has 33 heavy (non-hydrogen) atoms. The zero-order chi connectivity index (χ0) is 24.0. The first-order chi connectivity index (χ1) is 15.7. The summed E-state index contributed by atoms with van der Waals surface area (Å²) in [6.45, 7) is 1.24. The molecule has 2 aromatic carbocycles. The van der Waals surface area contributed by atoms with Crippen molar-refractivity contribution in [1.29, 1.82) is 0 Å². The number of fused-ring (bicyclic) bond motifs is 1. The van der Waals surface area contributed by atoms with Gasteiger partial charge in [0.15, 0.2) is 15.0 Å². The van der Waals surface area contributed by atoms with E-state index in [-0.39, 0.29) is 23.0 Å². The van der Waals surface area contributed by atoms with Gasteiger partial charge in [-0.3, -0.25) is 9.69 Å². The maximum atomic E-state index is 13.2. The minimum atomic E-state index is -3.61. The maximum absolute atomic E-state index is 13.2. The molecule has 3 rings (SSSR count). The number of rotatable bonds is 11. The molecule has 0 bridgehead atoms. The summed E-state index contributed by atoms with van der Waals surface area (Å²) in [5, 5.41) is 0.542. The summed E-state index contributed by atoms with van der Waals surface area (Å²) in [6, 6.07) is 11.8. The number of nitrogens with zero attached hydrogens (tertiary/aromatic N) is 3. The SMILES string of the molecule is COc1ccc(S(=O)(=O)CCC(=O)N(CCCN(C)C)c2nc3c(OC)cccc3s2)cc1. The van der Waals surface area contributed by atoms with Crippen LogP contribution in [0.3, 0.4) is 0 Å². The van der Waals surface area contributed by atoms with Gasteiger partial charge >= 0.3 is 0 Å². The van der Waals surface area contributed by atoms with E-state index in [0.717, 1.165) is 17.7 Å². The average molecular weight is 492 g/mol. The van der Waals surface area contributed by atoms with Gasteiger partial charge in [0.25, 0.3) is 0 Å². The lowest BCUT2D eigenvalue weighted by Crippen LogP contribution is -2.34. The molecular formula is C23H29N3O5S2. The molecule has 3 aromatic rings. The number of carbonyl (C=O) groups is 1. The number of aromatic nitrogens is 1. The molecular weight excluding hydrogens is 462 g/mol. The van der Waals surface area contributed by atoms with Crippen LogP contribution in [0.1, 0.15) is 12.8 Å². The Morgan fingerprint density at radius 3 is 2.39 bits per heavy atom. The molecule has 0 aliphatic carbocycles. The number of anilines is 1. The number of hydrogen-bond acceptors (Lipinski definition) is 8. The zero-order valence-electron chi connectivity index (χ0n) is 19.3. The van der Waals surface area contributed by atoms with Crippen molar-refractivity contribution in [2.75, 3.05) is 52.1 Å². The van der Waals surface area contributed by atoms with Gasteiger partial charge in [0, 0.05) is 13.0 Å². The fourth-order valence-electron chi connectivity index (χ4n) is 3.32. The number of ether oxygens (including phenoxy) is 2. The van der Waals surface area contributed by atoms with Crippen molar-refractivity contribution in [3.8, 4) is 11.5 Å². The lowest BCUT2D eigenvalue weighted by molar-refractivity contribution is -0.118. The smallest absolute Gasteiger partial charge is 0.229 e. The van der Waals surface area contributed by atoms with Gasteiger partial charge in [-0.2, -0.15) is 0 Å². The summed E-state index contributed by atoms with van der Waals surface area (Å²) < 4.78 is 36.9. The number of benzene rings is 2. The van der Waals surface area contributed by atoms with Gasteiger partial charge in [0.1, 0.15) is 17.0 Å². The molecule has 1 heterocycles. The van der Waals surface area contributed by atoms with Crippen LogP contribution in [-0.4, -0.2) is 71.4 Å². The summed E-state index contributed by atoms with van der Waals surface area (Å²) in [5.41, 5.74) is 0.691. The van der Waals surface area contributed by atoms with E-state index in [1.54, 1.807) is 24.1 Å². The summed E-state index contributed by atoms with van der Waals surface area (Å²) in [4.78, 5) is 21.6. The third-order valence-electron chi connectivity index (χ3n) is 5.11. The first-order valence-corrected chi connectivity index (χ1v) is 13.0. The van der Waals surface area contributed by atoms with Crippen LogP contribution in [0.25, 0.3) is 10.2 Å². The molecule has 0 aliphatic rings. The second kappa shape index (κ2) is 11.0. The normalized spacial score (nSPS) is 11.7. The number of sulfone groups is 1. The Hall–Kier alpha value is -2.69. The number of methoxy groups -OCH3 is 2. The first-order valence-electron chi connectivity index (χ1n) is 10.5. The van der Waals surface area contributed by atoms with Gasteiger partial charge in [0.05, 0.1) is 29.6 Å². The minimum absolute atomic E-state index is 0.136. The lowest BCUT2D eigenvalue weighted by atomic mass is 10.3.